The fourth-order valence-corrected chi connectivity index (χ4v) is 6.73. The van der Waals surface area contributed by atoms with Gasteiger partial charge in [-0.05, 0) is 76.3 Å². The first kappa shape index (κ1) is 24.7. The van der Waals surface area contributed by atoms with Gasteiger partial charge < -0.3 is 8.98 Å². The van der Waals surface area contributed by atoms with Crippen LogP contribution in [0.1, 0.15) is 0 Å². The van der Waals surface area contributed by atoms with E-state index in [4.69, 9.17) is 4.42 Å². The maximum absolute atomic E-state index is 6.09. The number of fused-ring (bicyclic) bond motifs is 6. The van der Waals surface area contributed by atoms with E-state index in [1.807, 2.05) is 12.1 Å². The first-order valence-electron chi connectivity index (χ1n) is 15.0. The Labute approximate surface area is 255 Å². The first-order chi connectivity index (χ1) is 21.8. The largest absolute Gasteiger partial charge is 0.456 e. The number of benzene rings is 7. The van der Waals surface area contributed by atoms with Gasteiger partial charge in [-0.2, -0.15) is 0 Å². The van der Waals surface area contributed by atoms with Gasteiger partial charge in [-0.15, -0.1) is 0 Å². The highest BCUT2D eigenvalue weighted by molar-refractivity contribution is 6.11. The van der Waals surface area contributed by atoms with Gasteiger partial charge in [0, 0.05) is 27.1 Å². The number of hydrogen-bond donors (Lipinski definition) is 0. The van der Waals surface area contributed by atoms with E-state index in [1.165, 1.54) is 60.9 Å². The Kier molecular flexibility index (Phi) is 5.54. The normalized spacial score (nSPS) is 11.6. The molecule has 2 heteroatoms. The summed E-state index contributed by atoms with van der Waals surface area (Å²) in [6.45, 7) is 0. The molecule has 0 aliphatic heterocycles. The molecule has 0 atom stereocenters. The lowest BCUT2D eigenvalue weighted by molar-refractivity contribution is 0.669. The van der Waals surface area contributed by atoms with Crippen molar-refractivity contribution in [3.05, 3.63) is 164 Å². The summed E-state index contributed by atoms with van der Waals surface area (Å²) < 4.78 is 8.52. The van der Waals surface area contributed by atoms with Gasteiger partial charge in [-0.3, -0.25) is 0 Å². The summed E-state index contributed by atoms with van der Waals surface area (Å²) in [5, 5.41) is 4.80. The number of hydrogen-bond acceptors (Lipinski definition) is 1. The number of furan rings is 1. The summed E-state index contributed by atoms with van der Waals surface area (Å²) in [4.78, 5) is 0. The molecule has 0 fully saturated rings. The van der Waals surface area contributed by atoms with Gasteiger partial charge in [0.15, 0.2) is 0 Å². The molecule has 9 rings (SSSR count). The van der Waals surface area contributed by atoms with Crippen LogP contribution in [0.4, 0.5) is 0 Å². The van der Waals surface area contributed by atoms with Crippen molar-refractivity contribution < 1.29 is 4.42 Å². The molecule has 2 heterocycles. The van der Waals surface area contributed by atoms with E-state index in [1.54, 1.807) is 0 Å². The smallest absolute Gasteiger partial charge is 0.135 e. The Bertz CT molecular complexity index is 2500. The fourth-order valence-electron chi connectivity index (χ4n) is 6.73. The molecule has 7 aromatic carbocycles. The molecule has 0 unspecified atom stereocenters. The molecule has 0 bridgehead atoms. The van der Waals surface area contributed by atoms with Gasteiger partial charge >= 0.3 is 0 Å². The van der Waals surface area contributed by atoms with Crippen molar-refractivity contribution in [1.82, 2.24) is 4.57 Å². The Morgan fingerprint density at radius 3 is 1.89 bits per heavy atom. The lowest BCUT2D eigenvalue weighted by Crippen LogP contribution is -1.97. The van der Waals surface area contributed by atoms with Crippen molar-refractivity contribution >= 4 is 43.7 Å². The Morgan fingerprint density at radius 2 is 0.955 bits per heavy atom. The molecule has 206 valence electrons. The molecule has 0 aliphatic rings. The second kappa shape index (κ2) is 9.86. The predicted molar refractivity (Wildman–Crippen MR) is 184 cm³/mol. The maximum Gasteiger partial charge on any atom is 0.135 e. The monoisotopic (exact) mass is 561 g/mol. The van der Waals surface area contributed by atoms with E-state index in [0.29, 0.717) is 0 Å². The van der Waals surface area contributed by atoms with Gasteiger partial charge in [0.05, 0.1) is 16.7 Å². The topological polar surface area (TPSA) is 18.1 Å². The molecule has 2 aromatic heterocycles. The molecule has 0 N–H and O–H groups in total. The zero-order valence-corrected chi connectivity index (χ0v) is 23.9. The summed E-state index contributed by atoms with van der Waals surface area (Å²) in [6, 6.07) is 58.6. The molecule has 9 aromatic rings. The second-order valence-electron chi connectivity index (χ2n) is 11.4. The van der Waals surface area contributed by atoms with Crippen molar-refractivity contribution in [3.63, 3.8) is 0 Å². The minimum Gasteiger partial charge on any atom is -0.456 e. The lowest BCUT2D eigenvalue weighted by atomic mass is 9.97. The van der Waals surface area contributed by atoms with E-state index in [-0.39, 0.29) is 0 Å². The van der Waals surface area contributed by atoms with E-state index in [9.17, 15) is 0 Å². The van der Waals surface area contributed by atoms with Gasteiger partial charge in [0.1, 0.15) is 11.2 Å². The van der Waals surface area contributed by atoms with Gasteiger partial charge in [0.2, 0.25) is 0 Å². The molecule has 0 spiro atoms. The van der Waals surface area contributed by atoms with Crippen LogP contribution in [0.5, 0.6) is 0 Å². The Morgan fingerprint density at radius 1 is 0.341 bits per heavy atom. The number of aromatic nitrogens is 1. The van der Waals surface area contributed by atoms with Crippen LogP contribution in [0.25, 0.3) is 82.8 Å². The molecule has 0 saturated heterocycles. The minimum absolute atomic E-state index is 0.915. The highest BCUT2D eigenvalue weighted by Gasteiger charge is 2.17. The van der Waals surface area contributed by atoms with Crippen molar-refractivity contribution in [2.24, 2.45) is 0 Å². The highest BCUT2D eigenvalue weighted by atomic mass is 16.3. The minimum atomic E-state index is 0.915. The summed E-state index contributed by atoms with van der Waals surface area (Å²) in [5.74, 6) is 0. The number of nitrogens with zero attached hydrogens (tertiary/aromatic N) is 1. The zero-order valence-electron chi connectivity index (χ0n) is 23.9. The van der Waals surface area contributed by atoms with Crippen molar-refractivity contribution in [2.45, 2.75) is 0 Å². The van der Waals surface area contributed by atoms with Crippen molar-refractivity contribution in [2.75, 3.05) is 0 Å². The average Bonchev–Trinajstić information content (AvgIpc) is 3.64. The third kappa shape index (κ3) is 3.89. The van der Waals surface area contributed by atoms with Crippen LogP contribution < -0.4 is 0 Å². The molecule has 0 amide bonds. The van der Waals surface area contributed by atoms with Crippen LogP contribution in [0.15, 0.2) is 168 Å². The third-order valence-corrected chi connectivity index (χ3v) is 8.81. The molecule has 0 saturated carbocycles. The summed E-state index contributed by atoms with van der Waals surface area (Å²) in [5.41, 5.74) is 12.6. The van der Waals surface area contributed by atoms with Crippen molar-refractivity contribution in [3.8, 4) is 39.1 Å². The summed E-state index contributed by atoms with van der Waals surface area (Å²) in [7, 11) is 0. The maximum atomic E-state index is 6.09. The molecule has 2 nitrogen and oxygen atoms in total. The van der Waals surface area contributed by atoms with E-state index < -0.39 is 0 Å². The molecular weight excluding hydrogens is 534 g/mol. The second-order valence-corrected chi connectivity index (χ2v) is 11.4. The average molecular weight is 562 g/mol. The molecular formula is C42H27NO. The van der Waals surface area contributed by atoms with E-state index in [2.05, 4.69) is 156 Å². The van der Waals surface area contributed by atoms with Crippen LogP contribution in [-0.4, -0.2) is 4.57 Å². The predicted octanol–water partition coefficient (Wildman–Crippen LogP) is 11.7. The molecule has 0 radical (unpaired) electrons. The van der Waals surface area contributed by atoms with Crippen LogP contribution in [-0.2, 0) is 0 Å². The quantitative estimate of drug-likeness (QED) is 0.209. The van der Waals surface area contributed by atoms with E-state index in [0.717, 1.165) is 21.9 Å². The van der Waals surface area contributed by atoms with Gasteiger partial charge in [-0.25, -0.2) is 0 Å². The lowest BCUT2D eigenvalue weighted by Gasteiger charge is -2.15. The van der Waals surface area contributed by atoms with Gasteiger partial charge in [0.25, 0.3) is 0 Å². The molecule has 44 heavy (non-hydrogen) atoms. The highest BCUT2D eigenvalue weighted by Crippen LogP contribution is 2.39. The zero-order chi connectivity index (χ0) is 29.0. The standard InChI is InChI=1S/C42H27NO/c1-2-11-28(12-3-1)30-21-23-40-36(26-30)34-16-5-8-19-39(34)43(40)38-18-7-4-15-33(38)32-14-10-13-29(25-32)31-22-24-42-37(27-31)35-17-6-9-20-41(35)44-42/h1-27H. The molecule has 0 aliphatic carbocycles. The summed E-state index contributed by atoms with van der Waals surface area (Å²) in [6.07, 6.45) is 0. The van der Waals surface area contributed by atoms with Gasteiger partial charge in [-0.1, -0.05) is 115 Å². The van der Waals surface area contributed by atoms with Crippen LogP contribution >= 0.6 is 0 Å². The Balaban J connectivity index is 1.21. The van der Waals surface area contributed by atoms with E-state index >= 15 is 0 Å². The van der Waals surface area contributed by atoms with Crippen molar-refractivity contribution in [1.29, 1.82) is 0 Å². The third-order valence-electron chi connectivity index (χ3n) is 8.81. The van der Waals surface area contributed by atoms with Crippen LogP contribution in [0.3, 0.4) is 0 Å². The SMILES string of the molecule is c1ccc(-c2ccc3c(c2)c2ccccc2n3-c2ccccc2-c2cccc(-c3ccc4oc5ccccc5c4c3)c2)cc1. The first-order valence-corrected chi connectivity index (χ1v) is 15.0. The van der Waals surface area contributed by atoms with Crippen LogP contribution in [0.2, 0.25) is 0 Å². The van der Waals surface area contributed by atoms with Crippen LogP contribution in [0, 0.1) is 0 Å². The Hall–Kier alpha value is -5.86. The fraction of sp³-hybridized carbons (Fsp3) is 0. The number of para-hydroxylation sites is 3. The number of rotatable bonds is 4. The summed E-state index contributed by atoms with van der Waals surface area (Å²) >= 11 is 0.